The van der Waals surface area contributed by atoms with Gasteiger partial charge in [0.15, 0.2) is 0 Å². The molecule has 1 heterocycles. The van der Waals surface area contributed by atoms with Crippen LogP contribution in [0.25, 0.3) is 5.69 Å². The van der Waals surface area contributed by atoms with E-state index in [2.05, 4.69) is 10.4 Å². The Morgan fingerprint density at radius 1 is 1.07 bits per heavy atom. The third kappa shape index (κ3) is 4.11. The Labute approximate surface area is 152 Å². The molecule has 0 aliphatic carbocycles. The highest BCUT2D eigenvalue weighted by Crippen LogP contribution is 2.16. The van der Waals surface area contributed by atoms with E-state index in [9.17, 15) is 22.8 Å². The van der Waals surface area contributed by atoms with Crippen LogP contribution in [-0.4, -0.2) is 15.7 Å². The second-order valence-electron chi connectivity index (χ2n) is 6.00. The fourth-order valence-corrected chi connectivity index (χ4v) is 2.69. The van der Waals surface area contributed by atoms with Crippen LogP contribution in [0.1, 0.15) is 17.7 Å². The molecular formula is C19H16F3N3O2. The first-order chi connectivity index (χ1) is 12.8. The Morgan fingerprint density at radius 3 is 2.41 bits per heavy atom. The molecule has 0 aliphatic rings. The van der Waals surface area contributed by atoms with E-state index in [-0.39, 0.29) is 24.1 Å². The summed E-state index contributed by atoms with van der Waals surface area (Å²) >= 11 is 0. The molecule has 0 aliphatic heterocycles. The van der Waals surface area contributed by atoms with Crippen LogP contribution in [0, 0.1) is 24.4 Å². The summed E-state index contributed by atoms with van der Waals surface area (Å²) in [5, 5.41) is 5.24. The van der Waals surface area contributed by atoms with Crippen molar-refractivity contribution in [2.75, 3.05) is 5.32 Å². The molecule has 1 aromatic heterocycles. The fourth-order valence-electron chi connectivity index (χ4n) is 2.69. The summed E-state index contributed by atoms with van der Waals surface area (Å²) in [7, 11) is 0. The van der Waals surface area contributed by atoms with Gasteiger partial charge in [-0.3, -0.25) is 14.7 Å². The molecule has 3 rings (SSSR count). The predicted molar refractivity (Wildman–Crippen MR) is 94.4 cm³/mol. The Balaban J connectivity index is 1.72. The molecule has 2 N–H and O–H groups in total. The number of rotatable bonds is 5. The van der Waals surface area contributed by atoms with Crippen molar-refractivity contribution in [2.24, 2.45) is 0 Å². The zero-order valence-corrected chi connectivity index (χ0v) is 14.4. The number of nitrogens with zero attached hydrogens (tertiary/aromatic N) is 1. The summed E-state index contributed by atoms with van der Waals surface area (Å²) in [4.78, 5) is 24.6. The number of carbonyl (C=O) groups is 1. The van der Waals surface area contributed by atoms with Crippen LogP contribution in [0.3, 0.4) is 0 Å². The van der Waals surface area contributed by atoms with E-state index in [1.54, 1.807) is 6.92 Å². The van der Waals surface area contributed by atoms with Crippen molar-refractivity contribution in [2.45, 2.75) is 19.8 Å². The van der Waals surface area contributed by atoms with Gasteiger partial charge in [-0.2, -0.15) is 0 Å². The molecule has 0 atom stereocenters. The number of hydrogen-bond donors (Lipinski definition) is 2. The van der Waals surface area contributed by atoms with Crippen molar-refractivity contribution >= 4 is 11.6 Å². The Morgan fingerprint density at radius 2 is 1.74 bits per heavy atom. The van der Waals surface area contributed by atoms with Crippen molar-refractivity contribution in [3.05, 3.63) is 81.5 Å². The molecule has 5 nitrogen and oxygen atoms in total. The maximum atomic E-state index is 13.6. The van der Waals surface area contributed by atoms with Crippen LogP contribution < -0.4 is 10.9 Å². The van der Waals surface area contributed by atoms with Gasteiger partial charge in [0.05, 0.1) is 11.4 Å². The van der Waals surface area contributed by atoms with Crippen LogP contribution in [0.5, 0.6) is 0 Å². The quantitative estimate of drug-likeness (QED) is 0.717. The van der Waals surface area contributed by atoms with E-state index < -0.39 is 23.4 Å². The molecule has 2 aromatic carbocycles. The van der Waals surface area contributed by atoms with Gasteiger partial charge in [0.2, 0.25) is 5.91 Å². The Hall–Kier alpha value is -3.29. The minimum absolute atomic E-state index is 0.0613. The summed E-state index contributed by atoms with van der Waals surface area (Å²) in [6.07, 6.45) is 0.0676. The highest BCUT2D eigenvalue weighted by Gasteiger charge is 2.15. The lowest BCUT2D eigenvalue weighted by atomic mass is 10.1. The second kappa shape index (κ2) is 7.53. The first kappa shape index (κ1) is 18.5. The third-order valence-electron chi connectivity index (χ3n) is 4.09. The SMILES string of the molecule is Cc1[nH]n(-c2ccc(F)cc2)c(=O)c1CCC(=O)Nc1ccc(F)cc1F. The molecule has 1 amide bonds. The summed E-state index contributed by atoms with van der Waals surface area (Å²) in [5.41, 5.74) is 0.962. The number of carbonyl (C=O) groups excluding carboxylic acids is 1. The molecule has 0 bridgehead atoms. The maximum absolute atomic E-state index is 13.6. The Bertz CT molecular complexity index is 1040. The maximum Gasteiger partial charge on any atom is 0.274 e. The lowest BCUT2D eigenvalue weighted by Crippen LogP contribution is -2.19. The number of benzene rings is 2. The number of nitrogens with one attached hydrogen (secondary N) is 2. The van der Waals surface area contributed by atoms with E-state index >= 15 is 0 Å². The third-order valence-corrected chi connectivity index (χ3v) is 4.09. The molecule has 140 valence electrons. The largest absolute Gasteiger partial charge is 0.324 e. The van der Waals surface area contributed by atoms with Crippen molar-refractivity contribution in [1.29, 1.82) is 0 Å². The van der Waals surface area contributed by atoms with Crippen LogP contribution in [0.15, 0.2) is 47.3 Å². The molecule has 0 spiro atoms. The van der Waals surface area contributed by atoms with Crippen LogP contribution >= 0.6 is 0 Å². The molecule has 27 heavy (non-hydrogen) atoms. The molecule has 0 fully saturated rings. The second-order valence-corrected chi connectivity index (χ2v) is 6.00. The van der Waals surface area contributed by atoms with E-state index in [0.717, 1.165) is 12.1 Å². The fraction of sp³-hybridized carbons (Fsp3) is 0.158. The number of aryl methyl sites for hydroxylation is 1. The van der Waals surface area contributed by atoms with Gasteiger partial charge in [0, 0.05) is 23.7 Å². The smallest absolute Gasteiger partial charge is 0.274 e. The van der Waals surface area contributed by atoms with Crippen molar-refractivity contribution in [3.8, 4) is 5.69 Å². The van der Waals surface area contributed by atoms with Crippen LogP contribution in [0.4, 0.5) is 18.9 Å². The summed E-state index contributed by atoms with van der Waals surface area (Å²) in [6, 6.07) is 8.24. The molecule has 0 saturated heterocycles. The lowest BCUT2D eigenvalue weighted by molar-refractivity contribution is -0.116. The van der Waals surface area contributed by atoms with E-state index in [1.165, 1.54) is 28.9 Å². The van der Waals surface area contributed by atoms with Crippen molar-refractivity contribution in [3.63, 3.8) is 0 Å². The summed E-state index contributed by atoms with van der Waals surface area (Å²) in [6.45, 7) is 1.69. The lowest BCUT2D eigenvalue weighted by Gasteiger charge is -2.06. The summed E-state index contributed by atoms with van der Waals surface area (Å²) in [5.74, 6) is -2.54. The number of H-pyrrole nitrogens is 1. The summed E-state index contributed by atoms with van der Waals surface area (Å²) < 4.78 is 40.8. The van der Waals surface area contributed by atoms with Gasteiger partial charge >= 0.3 is 0 Å². The van der Waals surface area contributed by atoms with Gasteiger partial charge < -0.3 is 5.32 Å². The predicted octanol–water partition coefficient (Wildman–Crippen LogP) is 3.46. The molecular weight excluding hydrogens is 359 g/mol. The van der Waals surface area contributed by atoms with Crippen LogP contribution in [-0.2, 0) is 11.2 Å². The van der Waals surface area contributed by atoms with Gasteiger partial charge in [-0.05, 0) is 49.7 Å². The average Bonchev–Trinajstić information content (AvgIpc) is 2.90. The highest BCUT2D eigenvalue weighted by atomic mass is 19.1. The van der Waals surface area contributed by atoms with E-state index in [0.29, 0.717) is 23.0 Å². The molecule has 0 radical (unpaired) electrons. The number of aromatic amines is 1. The van der Waals surface area contributed by atoms with Gasteiger partial charge in [-0.25, -0.2) is 17.9 Å². The Kier molecular flexibility index (Phi) is 5.16. The topological polar surface area (TPSA) is 66.9 Å². The molecule has 3 aromatic rings. The van der Waals surface area contributed by atoms with Crippen molar-refractivity contribution < 1.29 is 18.0 Å². The zero-order chi connectivity index (χ0) is 19.6. The van der Waals surface area contributed by atoms with E-state index in [4.69, 9.17) is 0 Å². The number of anilines is 1. The number of aromatic nitrogens is 2. The minimum Gasteiger partial charge on any atom is -0.324 e. The van der Waals surface area contributed by atoms with Gasteiger partial charge in [-0.15, -0.1) is 0 Å². The first-order valence-corrected chi connectivity index (χ1v) is 8.16. The normalized spacial score (nSPS) is 10.8. The number of halogens is 3. The zero-order valence-electron chi connectivity index (χ0n) is 14.4. The van der Waals surface area contributed by atoms with E-state index in [1.807, 2.05) is 0 Å². The molecule has 8 heteroatoms. The minimum atomic E-state index is -0.875. The first-order valence-electron chi connectivity index (χ1n) is 8.16. The molecule has 0 saturated carbocycles. The highest BCUT2D eigenvalue weighted by molar-refractivity contribution is 5.90. The standard InChI is InChI=1S/C19H16F3N3O2/c1-11-15(19(27)25(24-11)14-5-2-12(20)3-6-14)7-9-18(26)23-17-8-4-13(21)10-16(17)22/h2-6,8,10,24H,7,9H2,1H3,(H,23,26). The monoisotopic (exact) mass is 375 g/mol. The van der Waals surface area contributed by atoms with Crippen LogP contribution in [0.2, 0.25) is 0 Å². The number of hydrogen-bond acceptors (Lipinski definition) is 2. The molecule has 0 unspecified atom stereocenters. The van der Waals surface area contributed by atoms with Gasteiger partial charge in [0.25, 0.3) is 5.56 Å². The van der Waals surface area contributed by atoms with Crippen molar-refractivity contribution in [1.82, 2.24) is 9.78 Å². The number of amides is 1. The average molecular weight is 375 g/mol. The van der Waals surface area contributed by atoms with Gasteiger partial charge in [0.1, 0.15) is 17.5 Å². The van der Waals surface area contributed by atoms with Gasteiger partial charge in [-0.1, -0.05) is 0 Å².